The maximum atomic E-state index is 13.6. The average molecular weight is 265 g/mol. The van der Waals surface area contributed by atoms with Crippen molar-refractivity contribution < 1.29 is 4.39 Å². The number of aromatic nitrogens is 3. The molecule has 0 saturated carbocycles. The summed E-state index contributed by atoms with van der Waals surface area (Å²) >= 11 is 5.23. The van der Waals surface area contributed by atoms with Crippen molar-refractivity contribution in [2.75, 3.05) is 0 Å². The van der Waals surface area contributed by atoms with Crippen LogP contribution in [0, 0.1) is 17.5 Å². The lowest BCUT2D eigenvalue weighted by atomic mass is 10.1. The molecule has 0 aliphatic heterocycles. The lowest BCUT2D eigenvalue weighted by molar-refractivity contribution is 0.395. The molecule has 0 aliphatic rings. The van der Waals surface area contributed by atoms with Gasteiger partial charge in [0.2, 0.25) is 0 Å². The molecule has 5 heteroatoms. The van der Waals surface area contributed by atoms with Crippen molar-refractivity contribution >= 4 is 12.2 Å². The predicted octanol–water partition coefficient (Wildman–Crippen LogP) is 3.81. The van der Waals surface area contributed by atoms with E-state index in [0.29, 0.717) is 16.2 Å². The molecule has 0 amide bonds. The van der Waals surface area contributed by atoms with Crippen molar-refractivity contribution in [2.24, 2.45) is 0 Å². The number of rotatable bonds is 1. The fraction of sp³-hybridized carbons (Fsp3) is 0.385. The number of halogens is 1. The third kappa shape index (κ3) is 2.22. The molecule has 0 spiro atoms. The Labute approximate surface area is 111 Å². The molecule has 0 fully saturated rings. The van der Waals surface area contributed by atoms with Crippen molar-refractivity contribution in [3.05, 3.63) is 34.4 Å². The molecule has 1 aromatic carbocycles. The molecule has 1 N–H and O–H groups in total. The van der Waals surface area contributed by atoms with Gasteiger partial charge < -0.3 is 0 Å². The maximum absolute atomic E-state index is 13.6. The summed E-state index contributed by atoms with van der Waals surface area (Å²) in [6, 6.07) is 5.09. The number of H-pyrrole nitrogens is 1. The number of hydrogen-bond donors (Lipinski definition) is 1. The van der Waals surface area contributed by atoms with E-state index in [4.69, 9.17) is 12.2 Å². The van der Waals surface area contributed by atoms with Crippen LogP contribution in [0.4, 0.5) is 4.39 Å². The number of hydrogen-bond acceptors (Lipinski definition) is 2. The van der Waals surface area contributed by atoms with Gasteiger partial charge in [-0.3, -0.25) is 9.67 Å². The minimum Gasteiger partial charge on any atom is -0.295 e. The minimum atomic E-state index is -0.234. The summed E-state index contributed by atoms with van der Waals surface area (Å²) < 4.78 is 16.1. The van der Waals surface area contributed by atoms with Gasteiger partial charge in [0.1, 0.15) is 5.82 Å². The van der Waals surface area contributed by atoms with Gasteiger partial charge in [-0.1, -0.05) is 12.1 Å². The summed E-state index contributed by atoms with van der Waals surface area (Å²) in [5.41, 5.74) is 1.14. The molecule has 1 aromatic heterocycles. The first-order valence-electron chi connectivity index (χ1n) is 5.75. The molecule has 3 nitrogen and oxygen atoms in total. The lowest BCUT2D eigenvalue weighted by Gasteiger charge is -2.22. The number of nitrogens with zero attached hydrogens (tertiary/aromatic N) is 2. The zero-order valence-electron chi connectivity index (χ0n) is 10.9. The number of aromatic amines is 1. The normalized spacial score (nSPS) is 11.8. The van der Waals surface area contributed by atoms with E-state index in [2.05, 4.69) is 10.2 Å². The van der Waals surface area contributed by atoms with Gasteiger partial charge in [0.05, 0.1) is 0 Å². The number of aryl methyl sites for hydroxylation is 1. The van der Waals surface area contributed by atoms with Crippen LogP contribution in [0.5, 0.6) is 0 Å². The van der Waals surface area contributed by atoms with E-state index in [9.17, 15) is 4.39 Å². The molecule has 0 unspecified atom stereocenters. The molecule has 0 radical (unpaired) electrons. The second-order valence-electron chi connectivity index (χ2n) is 5.32. The van der Waals surface area contributed by atoms with Crippen molar-refractivity contribution in [2.45, 2.75) is 33.2 Å². The van der Waals surface area contributed by atoms with Crippen LogP contribution >= 0.6 is 12.2 Å². The first-order valence-corrected chi connectivity index (χ1v) is 6.16. The Bertz CT molecular complexity index is 634. The molecule has 18 heavy (non-hydrogen) atoms. The molecule has 0 atom stereocenters. The van der Waals surface area contributed by atoms with Crippen LogP contribution in [0.15, 0.2) is 18.2 Å². The summed E-state index contributed by atoms with van der Waals surface area (Å²) in [6.07, 6.45) is 0. The monoisotopic (exact) mass is 265 g/mol. The molecule has 0 bridgehead atoms. The quantitative estimate of drug-likeness (QED) is 0.795. The first kappa shape index (κ1) is 13.0. The zero-order chi connectivity index (χ0) is 13.5. The predicted molar refractivity (Wildman–Crippen MR) is 72.5 cm³/mol. The van der Waals surface area contributed by atoms with E-state index in [1.165, 1.54) is 6.07 Å². The second kappa shape index (κ2) is 4.31. The standard InChI is InChI=1S/C13H16FN3S/c1-8-5-6-9(7-10(8)14)11-15-16-12(18)17(11)13(2,3)4/h5-7H,1-4H3,(H,16,18). The summed E-state index contributed by atoms with van der Waals surface area (Å²) in [4.78, 5) is 0. The maximum Gasteiger partial charge on any atom is 0.195 e. The summed E-state index contributed by atoms with van der Waals surface area (Å²) in [7, 11) is 0. The van der Waals surface area contributed by atoms with Crippen LogP contribution in [-0.2, 0) is 5.54 Å². The average Bonchev–Trinajstić information content (AvgIpc) is 2.64. The Morgan fingerprint density at radius 3 is 2.56 bits per heavy atom. The Kier molecular flexibility index (Phi) is 3.11. The highest BCUT2D eigenvalue weighted by molar-refractivity contribution is 7.71. The largest absolute Gasteiger partial charge is 0.295 e. The molecule has 0 aliphatic carbocycles. The zero-order valence-corrected chi connectivity index (χ0v) is 11.7. The van der Waals surface area contributed by atoms with Crippen LogP contribution in [0.2, 0.25) is 0 Å². The van der Waals surface area contributed by atoms with Crippen LogP contribution in [-0.4, -0.2) is 14.8 Å². The molecule has 96 valence electrons. The highest BCUT2D eigenvalue weighted by Crippen LogP contribution is 2.25. The van der Waals surface area contributed by atoms with Gasteiger partial charge in [-0.05, 0) is 51.5 Å². The van der Waals surface area contributed by atoms with Crippen molar-refractivity contribution in [3.63, 3.8) is 0 Å². The van der Waals surface area contributed by atoms with Crippen molar-refractivity contribution in [1.29, 1.82) is 0 Å². The van der Waals surface area contributed by atoms with Crippen molar-refractivity contribution in [3.8, 4) is 11.4 Å². The Balaban J connectivity index is 2.65. The van der Waals surface area contributed by atoms with Gasteiger partial charge in [-0.15, -0.1) is 0 Å². The fourth-order valence-electron chi connectivity index (χ4n) is 1.84. The van der Waals surface area contributed by atoms with Gasteiger partial charge in [0.25, 0.3) is 0 Å². The van der Waals surface area contributed by atoms with Crippen LogP contribution in [0.3, 0.4) is 0 Å². The van der Waals surface area contributed by atoms with E-state index in [1.54, 1.807) is 13.0 Å². The third-order valence-electron chi connectivity index (χ3n) is 2.77. The summed E-state index contributed by atoms with van der Waals surface area (Å²) in [5, 5.41) is 6.97. The third-order valence-corrected chi connectivity index (χ3v) is 3.05. The SMILES string of the molecule is Cc1ccc(-c2n[nH]c(=S)n2C(C)(C)C)cc1F. The molecule has 2 rings (SSSR count). The van der Waals surface area contributed by atoms with Crippen LogP contribution in [0.1, 0.15) is 26.3 Å². The van der Waals surface area contributed by atoms with E-state index >= 15 is 0 Å². The smallest absolute Gasteiger partial charge is 0.195 e. The number of benzene rings is 1. The van der Waals surface area contributed by atoms with Gasteiger partial charge in [-0.2, -0.15) is 5.10 Å². The van der Waals surface area contributed by atoms with Crippen molar-refractivity contribution in [1.82, 2.24) is 14.8 Å². The van der Waals surface area contributed by atoms with Gasteiger partial charge in [-0.25, -0.2) is 4.39 Å². The van der Waals surface area contributed by atoms with E-state index < -0.39 is 0 Å². The second-order valence-corrected chi connectivity index (χ2v) is 5.71. The Morgan fingerprint density at radius 1 is 1.33 bits per heavy atom. The fourth-order valence-corrected chi connectivity index (χ4v) is 2.25. The van der Waals surface area contributed by atoms with Crippen LogP contribution < -0.4 is 0 Å². The topological polar surface area (TPSA) is 33.6 Å². The highest BCUT2D eigenvalue weighted by atomic mass is 32.1. The highest BCUT2D eigenvalue weighted by Gasteiger charge is 2.20. The molecular formula is C13H16FN3S. The van der Waals surface area contributed by atoms with E-state index in [-0.39, 0.29) is 11.4 Å². The number of nitrogens with one attached hydrogen (secondary N) is 1. The van der Waals surface area contributed by atoms with Gasteiger partial charge >= 0.3 is 0 Å². The molecule has 2 aromatic rings. The van der Waals surface area contributed by atoms with Crippen LogP contribution in [0.25, 0.3) is 11.4 Å². The van der Waals surface area contributed by atoms with Gasteiger partial charge in [0, 0.05) is 11.1 Å². The summed E-state index contributed by atoms with van der Waals surface area (Å²) in [6.45, 7) is 7.84. The Morgan fingerprint density at radius 2 is 2.00 bits per heavy atom. The molecule has 1 heterocycles. The lowest BCUT2D eigenvalue weighted by Crippen LogP contribution is -2.23. The minimum absolute atomic E-state index is 0.208. The molecule has 0 saturated heterocycles. The van der Waals surface area contributed by atoms with E-state index in [1.807, 2.05) is 31.4 Å². The van der Waals surface area contributed by atoms with E-state index in [0.717, 1.165) is 5.56 Å². The van der Waals surface area contributed by atoms with Gasteiger partial charge in [0.15, 0.2) is 10.6 Å². The summed E-state index contributed by atoms with van der Waals surface area (Å²) in [5.74, 6) is 0.424. The first-order chi connectivity index (χ1) is 8.30. The molecular weight excluding hydrogens is 249 g/mol. The Hall–Kier alpha value is -1.49.